The van der Waals surface area contributed by atoms with Crippen LogP contribution in [0.3, 0.4) is 0 Å². The van der Waals surface area contributed by atoms with Gasteiger partial charge in [-0.1, -0.05) is 17.7 Å². The molecular formula is C19H14ClF3N6O. The van der Waals surface area contributed by atoms with Crippen LogP contribution in [0.15, 0.2) is 35.4 Å². The minimum atomic E-state index is -4.56. The van der Waals surface area contributed by atoms with Gasteiger partial charge >= 0.3 is 6.18 Å². The van der Waals surface area contributed by atoms with Crippen molar-refractivity contribution in [2.45, 2.75) is 25.7 Å². The molecule has 0 spiro atoms. The van der Waals surface area contributed by atoms with Crippen molar-refractivity contribution in [3.63, 3.8) is 0 Å². The largest absolute Gasteiger partial charge is 0.416 e. The zero-order valence-corrected chi connectivity index (χ0v) is 16.1. The number of nitrogens with zero attached hydrogens (tertiary/aromatic N) is 5. The van der Waals surface area contributed by atoms with Gasteiger partial charge in [0.2, 0.25) is 0 Å². The van der Waals surface area contributed by atoms with Gasteiger partial charge in [-0.15, -0.1) is 0 Å². The summed E-state index contributed by atoms with van der Waals surface area (Å²) in [6.07, 6.45) is -1.53. The van der Waals surface area contributed by atoms with Crippen LogP contribution >= 0.6 is 11.6 Å². The maximum atomic E-state index is 13.5. The first-order valence-electron chi connectivity index (χ1n) is 8.89. The van der Waals surface area contributed by atoms with Crippen LogP contribution in [0.5, 0.6) is 0 Å². The van der Waals surface area contributed by atoms with E-state index in [0.717, 1.165) is 6.07 Å². The normalized spacial score (nSPS) is 13.8. The zero-order valence-electron chi connectivity index (χ0n) is 15.4. The lowest BCUT2D eigenvalue weighted by Crippen LogP contribution is -2.35. The molecule has 0 atom stereocenters. The van der Waals surface area contributed by atoms with Crippen LogP contribution in [-0.4, -0.2) is 26.3 Å². The standard InChI is InChI=1S/C19H14ClF3N6O/c20-17-15(9-26-27-18(17)30)28-3-4-29-13(8-25-16(29)10-28)6-12-2-1-11(7-24)5-14(12)19(21,22)23/h1-2,5,8-9H,3-4,6,10H2,(H,27,30). The highest BCUT2D eigenvalue weighted by atomic mass is 35.5. The van der Waals surface area contributed by atoms with Crippen molar-refractivity contribution in [2.24, 2.45) is 0 Å². The molecule has 1 aromatic carbocycles. The molecule has 0 unspecified atom stereocenters. The smallest absolute Gasteiger partial charge is 0.360 e. The molecule has 1 aliphatic heterocycles. The highest BCUT2D eigenvalue weighted by Crippen LogP contribution is 2.34. The summed E-state index contributed by atoms with van der Waals surface area (Å²) < 4.78 is 42.2. The Morgan fingerprint density at radius 1 is 1.27 bits per heavy atom. The average Bonchev–Trinajstić information content (AvgIpc) is 3.11. The highest BCUT2D eigenvalue weighted by Gasteiger charge is 2.34. The van der Waals surface area contributed by atoms with Crippen molar-refractivity contribution in [2.75, 3.05) is 11.4 Å². The van der Waals surface area contributed by atoms with Crippen molar-refractivity contribution < 1.29 is 13.2 Å². The maximum Gasteiger partial charge on any atom is 0.416 e. The van der Waals surface area contributed by atoms with E-state index in [0.29, 0.717) is 36.8 Å². The summed E-state index contributed by atoms with van der Waals surface area (Å²) in [6, 6.07) is 5.32. The van der Waals surface area contributed by atoms with E-state index in [1.165, 1.54) is 18.3 Å². The molecule has 1 N–H and O–H groups in total. The second-order valence-corrected chi connectivity index (χ2v) is 7.17. The van der Waals surface area contributed by atoms with E-state index in [-0.39, 0.29) is 22.6 Å². The number of nitriles is 1. The van der Waals surface area contributed by atoms with Gasteiger partial charge in [-0.2, -0.15) is 23.5 Å². The Kier molecular flexibility index (Phi) is 4.99. The molecule has 0 amide bonds. The molecule has 0 saturated carbocycles. The number of H-pyrrole nitrogens is 1. The van der Waals surface area contributed by atoms with Crippen molar-refractivity contribution in [1.82, 2.24) is 19.7 Å². The number of rotatable bonds is 3. The third kappa shape index (κ3) is 3.64. The van der Waals surface area contributed by atoms with E-state index in [9.17, 15) is 18.0 Å². The minimum Gasteiger partial charge on any atom is -0.360 e. The molecule has 11 heteroatoms. The molecule has 3 aromatic rings. The van der Waals surface area contributed by atoms with Gasteiger partial charge in [-0.05, 0) is 17.7 Å². The van der Waals surface area contributed by atoms with Crippen LogP contribution in [0.25, 0.3) is 0 Å². The van der Waals surface area contributed by atoms with E-state index < -0.39 is 17.3 Å². The number of nitrogens with one attached hydrogen (secondary N) is 1. The summed E-state index contributed by atoms with van der Waals surface area (Å²) >= 11 is 6.07. The van der Waals surface area contributed by atoms with Crippen LogP contribution in [0.4, 0.5) is 18.9 Å². The lowest BCUT2D eigenvalue weighted by Gasteiger charge is -2.30. The Morgan fingerprint density at radius 2 is 2.07 bits per heavy atom. The number of hydrogen-bond donors (Lipinski definition) is 1. The number of alkyl halides is 3. The summed E-state index contributed by atoms with van der Waals surface area (Å²) in [5.41, 5.74) is -0.174. The molecule has 7 nitrogen and oxygen atoms in total. The third-order valence-electron chi connectivity index (χ3n) is 4.98. The van der Waals surface area contributed by atoms with Gasteiger partial charge in [0.15, 0.2) is 0 Å². The first-order chi connectivity index (χ1) is 14.3. The fourth-order valence-corrected chi connectivity index (χ4v) is 3.73. The molecule has 3 heterocycles. The molecule has 154 valence electrons. The summed E-state index contributed by atoms with van der Waals surface area (Å²) in [5.74, 6) is 0.648. The predicted octanol–water partition coefficient (Wildman–Crippen LogP) is 3.12. The van der Waals surface area contributed by atoms with E-state index in [1.54, 1.807) is 12.3 Å². The van der Waals surface area contributed by atoms with Gasteiger partial charge in [0, 0.05) is 31.4 Å². The number of aromatic amines is 1. The summed E-state index contributed by atoms with van der Waals surface area (Å²) in [7, 11) is 0. The number of halogens is 4. The number of fused-ring (bicyclic) bond motifs is 1. The molecule has 0 radical (unpaired) electrons. The van der Waals surface area contributed by atoms with Gasteiger partial charge in [0.05, 0.1) is 35.6 Å². The Labute approximate surface area is 173 Å². The van der Waals surface area contributed by atoms with Crippen molar-refractivity contribution in [3.8, 4) is 6.07 Å². The molecule has 30 heavy (non-hydrogen) atoms. The van der Waals surface area contributed by atoms with E-state index >= 15 is 0 Å². The lowest BCUT2D eigenvalue weighted by atomic mass is 10.00. The quantitative estimate of drug-likeness (QED) is 0.684. The molecule has 1 aliphatic rings. The first kappa shape index (κ1) is 20.0. The van der Waals surface area contributed by atoms with Crippen molar-refractivity contribution in [1.29, 1.82) is 5.26 Å². The molecule has 0 saturated heterocycles. The Hall–Kier alpha value is -3.32. The Balaban J connectivity index is 1.62. The number of hydrogen-bond acceptors (Lipinski definition) is 5. The molecule has 2 aromatic heterocycles. The number of imidazole rings is 1. The highest BCUT2D eigenvalue weighted by molar-refractivity contribution is 6.32. The SMILES string of the molecule is N#Cc1ccc(Cc2cnc3n2CCN(c2cn[nH]c(=O)c2Cl)C3)c(C(F)(F)F)c1. The lowest BCUT2D eigenvalue weighted by molar-refractivity contribution is -0.138. The van der Waals surface area contributed by atoms with Crippen molar-refractivity contribution >= 4 is 17.3 Å². The van der Waals surface area contributed by atoms with E-state index in [2.05, 4.69) is 15.2 Å². The van der Waals surface area contributed by atoms with Gasteiger partial charge in [0.1, 0.15) is 10.8 Å². The van der Waals surface area contributed by atoms with Gasteiger partial charge in [-0.25, -0.2) is 10.1 Å². The topological polar surface area (TPSA) is 90.6 Å². The van der Waals surface area contributed by atoms with E-state index in [4.69, 9.17) is 16.9 Å². The number of aromatic nitrogens is 4. The summed E-state index contributed by atoms with van der Waals surface area (Å²) in [5, 5.41) is 15.0. The van der Waals surface area contributed by atoms with Gasteiger partial charge in [0.25, 0.3) is 5.56 Å². The fraction of sp³-hybridized carbons (Fsp3) is 0.263. The molecule has 4 rings (SSSR count). The minimum absolute atomic E-state index is 0.0256. The first-order valence-corrected chi connectivity index (χ1v) is 9.27. The molecule has 0 bridgehead atoms. The predicted molar refractivity (Wildman–Crippen MR) is 102 cm³/mol. The van der Waals surface area contributed by atoms with Crippen LogP contribution in [-0.2, 0) is 25.7 Å². The average molecular weight is 435 g/mol. The van der Waals surface area contributed by atoms with Crippen LogP contribution in [0.2, 0.25) is 5.02 Å². The summed E-state index contributed by atoms with van der Waals surface area (Å²) in [4.78, 5) is 17.9. The zero-order chi connectivity index (χ0) is 21.5. The fourth-order valence-electron chi connectivity index (χ4n) is 3.52. The molecule has 0 fully saturated rings. The van der Waals surface area contributed by atoms with Crippen LogP contribution < -0.4 is 10.5 Å². The van der Waals surface area contributed by atoms with Crippen LogP contribution in [0, 0.1) is 11.3 Å². The van der Waals surface area contributed by atoms with Gasteiger partial charge in [-0.3, -0.25) is 4.79 Å². The second-order valence-electron chi connectivity index (χ2n) is 6.80. The summed E-state index contributed by atoms with van der Waals surface area (Å²) in [6.45, 7) is 1.29. The van der Waals surface area contributed by atoms with Crippen molar-refractivity contribution in [3.05, 3.63) is 74.2 Å². The Morgan fingerprint density at radius 3 is 2.80 bits per heavy atom. The van der Waals surface area contributed by atoms with Crippen LogP contribution in [0.1, 0.15) is 28.2 Å². The van der Waals surface area contributed by atoms with E-state index in [1.807, 2.05) is 9.47 Å². The number of benzene rings is 1. The number of anilines is 1. The second kappa shape index (κ2) is 7.50. The maximum absolute atomic E-state index is 13.5. The molecule has 0 aliphatic carbocycles. The Bertz CT molecular complexity index is 1210. The monoisotopic (exact) mass is 434 g/mol. The van der Waals surface area contributed by atoms with Gasteiger partial charge < -0.3 is 9.47 Å². The molecular weight excluding hydrogens is 421 g/mol. The third-order valence-corrected chi connectivity index (χ3v) is 5.35.